The molecule has 0 unspecified atom stereocenters. The first-order valence-electron chi connectivity index (χ1n) is 7.41. The molecule has 0 aromatic carbocycles. The maximum absolute atomic E-state index is 10.6. The zero-order chi connectivity index (χ0) is 15.2. The lowest BCUT2D eigenvalue weighted by atomic mass is 10.2. The van der Waals surface area contributed by atoms with Crippen molar-refractivity contribution in [1.29, 1.82) is 0 Å². The third-order valence-electron chi connectivity index (χ3n) is 3.74. The lowest BCUT2D eigenvalue weighted by Gasteiger charge is -2.42. The van der Waals surface area contributed by atoms with Crippen molar-refractivity contribution in [2.75, 3.05) is 44.3 Å². The van der Waals surface area contributed by atoms with Gasteiger partial charge >= 0.3 is 5.82 Å². The molecule has 0 saturated carbocycles. The normalized spacial score (nSPS) is 18.5. The topological polar surface area (TPSA) is 71.7 Å². The van der Waals surface area contributed by atoms with Gasteiger partial charge in [-0.2, -0.15) is 0 Å². The molecule has 0 bridgehead atoms. The first kappa shape index (κ1) is 18.3. The second-order valence-corrected chi connectivity index (χ2v) is 4.85. The van der Waals surface area contributed by atoms with E-state index in [-0.39, 0.29) is 13.2 Å². The van der Waals surface area contributed by atoms with Gasteiger partial charge in [0, 0.05) is 32.2 Å². The molecule has 1 aromatic rings. The van der Waals surface area contributed by atoms with E-state index in [1.54, 1.807) is 12.3 Å². The summed E-state index contributed by atoms with van der Waals surface area (Å²) in [4.78, 5) is 18.6. The Morgan fingerprint density at radius 3 is 2.27 bits per heavy atom. The summed E-state index contributed by atoms with van der Waals surface area (Å²) in [5.41, 5.74) is 0.954. The minimum Gasteiger partial charge on any atom is -0.378 e. The number of ether oxygens (including phenoxy) is 1. The molecule has 22 heavy (non-hydrogen) atoms. The van der Waals surface area contributed by atoms with E-state index in [9.17, 15) is 10.1 Å². The fourth-order valence-corrected chi connectivity index (χ4v) is 2.45. The lowest BCUT2D eigenvalue weighted by Crippen LogP contribution is -2.56. The quantitative estimate of drug-likeness (QED) is 0.629. The maximum atomic E-state index is 10.6. The van der Waals surface area contributed by atoms with Crippen molar-refractivity contribution in [3.8, 4) is 0 Å². The van der Waals surface area contributed by atoms with Gasteiger partial charge in [0.05, 0.1) is 24.9 Å². The van der Waals surface area contributed by atoms with Gasteiger partial charge in [-0.3, -0.25) is 4.90 Å². The highest BCUT2D eigenvalue weighted by atomic mass is 16.6. The van der Waals surface area contributed by atoms with Crippen LogP contribution in [0, 0.1) is 10.1 Å². The first-order valence-corrected chi connectivity index (χ1v) is 7.41. The Kier molecular flexibility index (Phi) is 7.20. The van der Waals surface area contributed by atoms with Gasteiger partial charge in [0.1, 0.15) is 0 Å². The summed E-state index contributed by atoms with van der Waals surface area (Å²) in [5, 5.41) is 10.6. The number of nitrogens with zero attached hydrogens (tertiary/aromatic N) is 4. The number of rotatable bonds is 3. The highest BCUT2D eigenvalue weighted by Crippen LogP contribution is 2.20. The second kappa shape index (κ2) is 8.65. The molecule has 7 heteroatoms. The van der Waals surface area contributed by atoms with Crippen LogP contribution in [0.2, 0.25) is 0 Å². The molecule has 2 saturated heterocycles. The van der Waals surface area contributed by atoms with E-state index in [2.05, 4.69) is 14.8 Å². The average Bonchev–Trinajstić information content (AvgIpc) is 2.48. The molecule has 0 spiro atoms. The zero-order valence-electron chi connectivity index (χ0n) is 12.6. The number of nitro groups is 1. The van der Waals surface area contributed by atoms with Crippen LogP contribution in [-0.4, -0.2) is 60.2 Å². The van der Waals surface area contributed by atoms with Crippen LogP contribution in [0.3, 0.4) is 0 Å². The van der Waals surface area contributed by atoms with E-state index < -0.39 is 4.92 Å². The molecule has 1 aromatic heterocycles. The summed E-state index contributed by atoms with van der Waals surface area (Å²) in [6.07, 6.45) is 1.58. The molecule has 3 heterocycles. The number of hydrogen-bond donors (Lipinski definition) is 0. The van der Waals surface area contributed by atoms with Crippen molar-refractivity contribution in [3.05, 3.63) is 28.4 Å². The number of piperazine rings is 1. The van der Waals surface area contributed by atoms with Crippen LogP contribution in [-0.2, 0) is 4.74 Å². The first-order chi connectivity index (χ1) is 10.2. The molecule has 7 nitrogen and oxygen atoms in total. The third kappa shape index (κ3) is 4.14. The fourth-order valence-electron chi connectivity index (χ4n) is 2.45. The molecule has 0 atom stereocenters. The van der Waals surface area contributed by atoms with Gasteiger partial charge in [-0.05, 0) is 16.0 Å². The summed E-state index contributed by atoms with van der Waals surface area (Å²) in [6.45, 7) is 9.56. The Hall–Kier alpha value is -1.73. The SMILES string of the molecule is C.CC.O=[N+]([O-])c1ccc(N2CCN(C3COC3)CC2)cn1. The minimum absolute atomic E-state index is 0. The maximum Gasteiger partial charge on any atom is 0.363 e. The second-order valence-electron chi connectivity index (χ2n) is 4.85. The molecule has 0 amide bonds. The van der Waals surface area contributed by atoms with Crippen LogP contribution in [0.15, 0.2) is 18.3 Å². The van der Waals surface area contributed by atoms with Crippen molar-refractivity contribution in [2.45, 2.75) is 27.3 Å². The van der Waals surface area contributed by atoms with Gasteiger partial charge < -0.3 is 19.8 Å². The zero-order valence-corrected chi connectivity index (χ0v) is 12.6. The highest BCUT2D eigenvalue weighted by Gasteiger charge is 2.29. The van der Waals surface area contributed by atoms with E-state index in [1.807, 2.05) is 13.8 Å². The van der Waals surface area contributed by atoms with Gasteiger partial charge in [-0.25, -0.2) is 0 Å². The Bertz CT molecular complexity index is 454. The molecule has 0 N–H and O–H groups in total. The van der Waals surface area contributed by atoms with Gasteiger partial charge in [-0.1, -0.05) is 21.3 Å². The molecular weight excluding hydrogens is 284 g/mol. The predicted molar refractivity (Wildman–Crippen MR) is 87.4 cm³/mol. The Morgan fingerprint density at radius 1 is 1.23 bits per heavy atom. The molecule has 0 aliphatic carbocycles. The molecule has 2 aliphatic heterocycles. The van der Waals surface area contributed by atoms with Crippen molar-refractivity contribution in [3.63, 3.8) is 0 Å². The van der Waals surface area contributed by atoms with Crippen molar-refractivity contribution in [2.24, 2.45) is 0 Å². The molecule has 124 valence electrons. The van der Waals surface area contributed by atoms with Crippen LogP contribution < -0.4 is 4.90 Å². The Labute approximate surface area is 132 Å². The molecule has 2 aliphatic rings. The fraction of sp³-hybridized carbons (Fsp3) is 0.667. The minimum atomic E-state index is -0.474. The standard InChI is InChI=1S/C12H16N4O3.C2H6.CH4/c17-16(18)12-2-1-10(7-13-12)14-3-5-15(6-4-14)11-8-19-9-11;1-2;/h1-2,7,11H,3-6,8-9H2;1-2H3;1H4. The summed E-state index contributed by atoms with van der Waals surface area (Å²) < 4.78 is 5.21. The summed E-state index contributed by atoms with van der Waals surface area (Å²) in [5.74, 6) is -0.103. The van der Waals surface area contributed by atoms with E-state index in [0.717, 1.165) is 45.1 Å². The van der Waals surface area contributed by atoms with Crippen LogP contribution >= 0.6 is 0 Å². The van der Waals surface area contributed by atoms with E-state index in [0.29, 0.717) is 6.04 Å². The summed E-state index contributed by atoms with van der Waals surface area (Å²) in [6, 6.07) is 3.81. The highest BCUT2D eigenvalue weighted by molar-refractivity contribution is 5.46. The van der Waals surface area contributed by atoms with Crippen LogP contribution in [0.4, 0.5) is 11.5 Å². The Morgan fingerprint density at radius 2 is 1.86 bits per heavy atom. The Balaban J connectivity index is 0.000000775. The van der Waals surface area contributed by atoms with Gasteiger partial charge in [0.15, 0.2) is 6.20 Å². The van der Waals surface area contributed by atoms with E-state index in [4.69, 9.17) is 4.74 Å². The predicted octanol–water partition coefficient (Wildman–Crippen LogP) is 2.17. The molecule has 3 rings (SSSR count). The molecule has 2 fully saturated rings. The number of hydrogen-bond acceptors (Lipinski definition) is 6. The van der Waals surface area contributed by atoms with Crippen molar-refractivity contribution in [1.82, 2.24) is 9.88 Å². The average molecular weight is 310 g/mol. The third-order valence-corrected chi connectivity index (χ3v) is 3.74. The van der Waals surface area contributed by atoms with Gasteiger partial charge in [0.25, 0.3) is 0 Å². The smallest absolute Gasteiger partial charge is 0.363 e. The van der Waals surface area contributed by atoms with Crippen molar-refractivity contribution < 1.29 is 9.66 Å². The van der Waals surface area contributed by atoms with Crippen LogP contribution in [0.5, 0.6) is 0 Å². The summed E-state index contributed by atoms with van der Waals surface area (Å²) in [7, 11) is 0. The van der Waals surface area contributed by atoms with Gasteiger partial charge in [-0.15, -0.1) is 0 Å². The van der Waals surface area contributed by atoms with Gasteiger partial charge in [0.2, 0.25) is 0 Å². The lowest BCUT2D eigenvalue weighted by molar-refractivity contribution is -0.389. The van der Waals surface area contributed by atoms with E-state index in [1.165, 1.54) is 6.07 Å². The number of anilines is 1. The number of aromatic nitrogens is 1. The van der Waals surface area contributed by atoms with Crippen LogP contribution in [0.25, 0.3) is 0 Å². The monoisotopic (exact) mass is 310 g/mol. The van der Waals surface area contributed by atoms with E-state index >= 15 is 0 Å². The van der Waals surface area contributed by atoms with Crippen LogP contribution in [0.1, 0.15) is 21.3 Å². The largest absolute Gasteiger partial charge is 0.378 e. The summed E-state index contributed by atoms with van der Waals surface area (Å²) >= 11 is 0. The molecule has 0 radical (unpaired) electrons. The molecular formula is C15H26N4O3. The van der Waals surface area contributed by atoms with Crippen molar-refractivity contribution >= 4 is 11.5 Å². The number of pyridine rings is 1.